The van der Waals surface area contributed by atoms with Crippen LogP contribution in [0, 0.1) is 5.92 Å². The molecule has 0 aliphatic carbocycles. The molecule has 130 valence electrons. The zero-order valence-corrected chi connectivity index (χ0v) is 15.6. The highest BCUT2D eigenvalue weighted by Crippen LogP contribution is 2.41. The minimum Gasteiger partial charge on any atom is -0.379 e. The molecule has 0 N–H and O–H groups in total. The first-order chi connectivity index (χ1) is 11.5. The van der Waals surface area contributed by atoms with Crippen LogP contribution in [0.1, 0.15) is 25.8 Å². The first-order valence-electron chi connectivity index (χ1n) is 8.93. The van der Waals surface area contributed by atoms with Gasteiger partial charge in [0.05, 0.1) is 0 Å². The molecule has 2 heterocycles. The average molecular weight is 326 g/mol. The van der Waals surface area contributed by atoms with E-state index in [1.807, 2.05) is 0 Å². The number of fused-ring (bicyclic) bond motifs is 3. The maximum absolute atomic E-state index is 2.38. The highest BCUT2D eigenvalue weighted by molar-refractivity contribution is 5.73. The molecule has 1 aromatic rings. The molecule has 4 nitrogen and oxygen atoms in total. The van der Waals surface area contributed by atoms with E-state index in [1.54, 1.807) is 0 Å². The third-order valence-corrected chi connectivity index (χ3v) is 5.27. The molecule has 0 amide bonds. The van der Waals surface area contributed by atoms with E-state index in [2.05, 4.69) is 97.6 Å². The van der Waals surface area contributed by atoms with E-state index in [9.17, 15) is 0 Å². The summed E-state index contributed by atoms with van der Waals surface area (Å²) >= 11 is 0. The molecule has 0 radical (unpaired) electrons. The van der Waals surface area contributed by atoms with Crippen molar-refractivity contribution in [1.82, 2.24) is 9.80 Å². The second-order valence-electron chi connectivity index (χ2n) is 7.19. The standard InChI is InChI=1S/C20H30N4/c1-6-16(2)15-21(3)10-11-22(4)18-8-7-9-19-17(18)14-20-23(5)12-13-24(19)20/h7-13,16,20H,6,14-15H2,1-5H3/b11-10-. The van der Waals surface area contributed by atoms with E-state index < -0.39 is 0 Å². The van der Waals surface area contributed by atoms with Gasteiger partial charge < -0.3 is 19.6 Å². The smallest absolute Gasteiger partial charge is 0.109 e. The highest BCUT2D eigenvalue weighted by atomic mass is 15.4. The van der Waals surface area contributed by atoms with Crippen molar-refractivity contribution in [3.8, 4) is 0 Å². The van der Waals surface area contributed by atoms with Gasteiger partial charge in [0.15, 0.2) is 0 Å². The molecule has 0 saturated heterocycles. The summed E-state index contributed by atoms with van der Waals surface area (Å²) < 4.78 is 0. The summed E-state index contributed by atoms with van der Waals surface area (Å²) in [7, 11) is 6.45. The molecule has 0 bridgehead atoms. The Morgan fingerprint density at radius 2 is 2.04 bits per heavy atom. The third-order valence-electron chi connectivity index (χ3n) is 5.27. The van der Waals surface area contributed by atoms with Crippen molar-refractivity contribution in [3.05, 3.63) is 48.6 Å². The Kier molecular flexibility index (Phi) is 4.74. The van der Waals surface area contributed by atoms with Crippen molar-refractivity contribution in [2.24, 2.45) is 5.92 Å². The van der Waals surface area contributed by atoms with Gasteiger partial charge in [0, 0.05) is 75.8 Å². The molecule has 2 unspecified atom stereocenters. The van der Waals surface area contributed by atoms with Crippen LogP contribution in [0.5, 0.6) is 0 Å². The maximum Gasteiger partial charge on any atom is 0.109 e. The fraction of sp³-hybridized carbons (Fsp3) is 0.500. The second-order valence-corrected chi connectivity index (χ2v) is 7.19. The van der Waals surface area contributed by atoms with E-state index in [4.69, 9.17) is 0 Å². The largest absolute Gasteiger partial charge is 0.379 e. The number of benzene rings is 1. The van der Waals surface area contributed by atoms with Crippen LogP contribution in [0.4, 0.5) is 11.4 Å². The van der Waals surface area contributed by atoms with E-state index in [-0.39, 0.29) is 0 Å². The van der Waals surface area contributed by atoms with Crippen molar-refractivity contribution in [2.45, 2.75) is 32.9 Å². The minimum absolute atomic E-state index is 0.437. The molecule has 2 aliphatic heterocycles. The molecule has 0 fully saturated rings. The lowest BCUT2D eigenvalue weighted by Gasteiger charge is -2.23. The topological polar surface area (TPSA) is 13.0 Å². The summed E-state index contributed by atoms with van der Waals surface area (Å²) in [6.45, 7) is 5.65. The minimum atomic E-state index is 0.437. The summed E-state index contributed by atoms with van der Waals surface area (Å²) in [5.74, 6) is 0.723. The Morgan fingerprint density at radius 1 is 1.25 bits per heavy atom. The Bertz CT molecular complexity index is 637. The molecule has 24 heavy (non-hydrogen) atoms. The quantitative estimate of drug-likeness (QED) is 0.790. The molecular weight excluding hydrogens is 296 g/mol. The second kappa shape index (κ2) is 6.80. The summed E-state index contributed by atoms with van der Waals surface area (Å²) in [4.78, 5) is 9.20. The van der Waals surface area contributed by atoms with Crippen molar-refractivity contribution in [1.29, 1.82) is 0 Å². The monoisotopic (exact) mass is 326 g/mol. The Morgan fingerprint density at radius 3 is 2.79 bits per heavy atom. The molecule has 1 aromatic carbocycles. The zero-order chi connectivity index (χ0) is 17.3. The molecule has 3 rings (SSSR count). The number of hydrogen-bond acceptors (Lipinski definition) is 4. The number of rotatable bonds is 6. The molecule has 0 saturated carbocycles. The lowest BCUT2D eigenvalue weighted by Crippen LogP contribution is -2.33. The van der Waals surface area contributed by atoms with Crippen molar-refractivity contribution in [2.75, 3.05) is 37.5 Å². The fourth-order valence-corrected chi connectivity index (χ4v) is 3.56. The van der Waals surface area contributed by atoms with E-state index in [0.717, 1.165) is 18.9 Å². The first-order valence-corrected chi connectivity index (χ1v) is 8.93. The predicted octanol–water partition coefficient (Wildman–Crippen LogP) is 3.68. The van der Waals surface area contributed by atoms with Crippen LogP contribution in [0.25, 0.3) is 0 Å². The lowest BCUT2D eigenvalue weighted by molar-refractivity contribution is 0.365. The van der Waals surface area contributed by atoms with E-state index in [1.165, 1.54) is 23.4 Å². The summed E-state index contributed by atoms with van der Waals surface area (Å²) in [6, 6.07) is 6.62. The molecule has 4 heteroatoms. The van der Waals surface area contributed by atoms with Crippen molar-refractivity contribution >= 4 is 11.4 Å². The summed E-state index contributed by atoms with van der Waals surface area (Å²) in [5.41, 5.74) is 4.08. The van der Waals surface area contributed by atoms with E-state index >= 15 is 0 Å². The SMILES string of the molecule is CCC(C)CN(C)/C=C\N(C)c1cccc2c1CC1N(C)C=CN21. The van der Waals surface area contributed by atoms with Gasteiger partial charge in [-0.15, -0.1) is 0 Å². The van der Waals surface area contributed by atoms with E-state index in [0.29, 0.717) is 6.17 Å². The third kappa shape index (κ3) is 3.10. The van der Waals surface area contributed by atoms with Gasteiger partial charge >= 0.3 is 0 Å². The molecule has 2 atom stereocenters. The van der Waals surface area contributed by atoms with Gasteiger partial charge in [0.2, 0.25) is 0 Å². The molecule has 2 aliphatic rings. The highest BCUT2D eigenvalue weighted by Gasteiger charge is 2.34. The van der Waals surface area contributed by atoms with Gasteiger partial charge in [-0.2, -0.15) is 0 Å². The summed E-state index contributed by atoms with van der Waals surface area (Å²) in [6.07, 6.45) is 11.4. The van der Waals surface area contributed by atoms with Gasteiger partial charge in [0.1, 0.15) is 6.17 Å². The van der Waals surface area contributed by atoms with Gasteiger partial charge in [0.25, 0.3) is 0 Å². The van der Waals surface area contributed by atoms with Crippen molar-refractivity contribution < 1.29 is 0 Å². The number of likely N-dealkylation sites (N-methyl/N-ethyl adjacent to an activating group) is 1. The maximum atomic E-state index is 2.38. The molecular formula is C20H30N4. The van der Waals surface area contributed by atoms with Gasteiger partial charge in [-0.1, -0.05) is 26.3 Å². The number of nitrogens with zero attached hydrogens (tertiary/aromatic N) is 4. The summed E-state index contributed by atoms with van der Waals surface area (Å²) in [5, 5.41) is 0. The zero-order valence-electron chi connectivity index (χ0n) is 15.6. The van der Waals surface area contributed by atoms with Gasteiger partial charge in [-0.3, -0.25) is 0 Å². The van der Waals surface area contributed by atoms with Crippen LogP contribution in [0.3, 0.4) is 0 Å². The first kappa shape index (κ1) is 16.7. The van der Waals surface area contributed by atoms with Gasteiger partial charge in [-0.25, -0.2) is 0 Å². The van der Waals surface area contributed by atoms with Crippen LogP contribution in [-0.2, 0) is 6.42 Å². The fourth-order valence-electron chi connectivity index (χ4n) is 3.56. The average Bonchev–Trinajstić information content (AvgIpc) is 3.12. The van der Waals surface area contributed by atoms with Crippen LogP contribution in [0.15, 0.2) is 43.0 Å². The Hall–Kier alpha value is -2.10. The molecule has 0 spiro atoms. The van der Waals surface area contributed by atoms with Crippen molar-refractivity contribution in [3.63, 3.8) is 0 Å². The number of anilines is 2. The Balaban J connectivity index is 1.75. The number of hydrogen-bond donors (Lipinski definition) is 0. The van der Waals surface area contributed by atoms with Crippen LogP contribution in [0.2, 0.25) is 0 Å². The van der Waals surface area contributed by atoms with Crippen LogP contribution >= 0.6 is 0 Å². The predicted molar refractivity (Wildman–Crippen MR) is 103 cm³/mol. The van der Waals surface area contributed by atoms with Crippen LogP contribution in [-0.4, -0.2) is 43.7 Å². The van der Waals surface area contributed by atoms with Gasteiger partial charge in [-0.05, 0) is 18.1 Å². The Labute approximate surface area is 146 Å². The lowest BCUT2D eigenvalue weighted by atomic mass is 10.1. The molecule has 0 aromatic heterocycles. The normalized spacial score (nSPS) is 19.8. The van der Waals surface area contributed by atoms with Crippen LogP contribution < -0.4 is 9.80 Å².